The van der Waals surface area contributed by atoms with E-state index in [1.165, 1.54) is 0 Å². The molecule has 2 amide bonds. The summed E-state index contributed by atoms with van der Waals surface area (Å²) < 4.78 is 0. The molecule has 1 saturated carbocycles. The largest absolute Gasteiger partial charge is 0.393 e. The number of amides is 2. The molecule has 1 fully saturated rings. The van der Waals surface area contributed by atoms with E-state index in [4.69, 9.17) is 0 Å². The van der Waals surface area contributed by atoms with Crippen LogP contribution >= 0.6 is 11.3 Å². The van der Waals surface area contributed by atoms with Crippen LogP contribution in [-0.2, 0) is 0 Å². The number of hydrogen-bond donors (Lipinski definition) is 2. The summed E-state index contributed by atoms with van der Waals surface area (Å²) in [5.41, 5.74) is 0. The zero-order chi connectivity index (χ0) is 13.8. The number of thiazole rings is 1. The number of carbonyl (C=O) groups excluding carboxylic acids is 1. The number of carbonyl (C=O) groups is 1. The molecule has 0 aromatic carbocycles. The maximum Gasteiger partial charge on any atom is 0.317 e. The molecule has 2 rings (SSSR count). The summed E-state index contributed by atoms with van der Waals surface area (Å²) >= 11 is 1.59. The Kier molecular flexibility index (Phi) is 4.76. The Balaban J connectivity index is 1.88. The van der Waals surface area contributed by atoms with E-state index in [1.54, 1.807) is 36.4 Å². The molecule has 2 atom stereocenters. The molecule has 1 aliphatic carbocycles. The maximum absolute atomic E-state index is 12.1. The Bertz CT molecular complexity index is 404. The molecule has 0 aliphatic heterocycles. The van der Waals surface area contributed by atoms with Gasteiger partial charge in [0, 0.05) is 25.2 Å². The van der Waals surface area contributed by atoms with Gasteiger partial charge >= 0.3 is 6.03 Å². The number of nitrogens with zero attached hydrogens (tertiary/aromatic N) is 2. The van der Waals surface area contributed by atoms with Crippen LogP contribution in [0.1, 0.15) is 37.2 Å². The Labute approximate surface area is 117 Å². The quantitative estimate of drug-likeness (QED) is 0.839. The van der Waals surface area contributed by atoms with Crippen LogP contribution in [0.2, 0.25) is 0 Å². The number of rotatable bonds is 6. The topological polar surface area (TPSA) is 65.5 Å². The van der Waals surface area contributed by atoms with Crippen LogP contribution in [0.25, 0.3) is 0 Å². The Hall–Kier alpha value is -1.14. The lowest BCUT2D eigenvalue weighted by atomic mass is 10.2. The van der Waals surface area contributed by atoms with Crippen molar-refractivity contribution in [2.45, 2.75) is 38.3 Å². The first-order valence-electron chi connectivity index (χ1n) is 6.67. The van der Waals surface area contributed by atoms with Gasteiger partial charge in [0.1, 0.15) is 5.01 Å². The van der Waals surface area contributed by atoms with E-state index in [-0.39, 0.29) is 18.2 Å². The van der Waals surface area contributed by atoms with Gasteiger partial charge in [-0.3, -0.25) is 0 Å². The van der Waals surface area contributed by atoms with Crippen molar-refractivity contribution in [3.05, 3.63) is 16.6 Å². The normalized spacial score (nSPS) is 17.8. The first kappa shape index (κ1) is 14.3. The molecule has 2 N–H and O–H groups in total. The van der Waals surface area contributed by atoms with Gasteiger partial charge in [-0.25, -0.2) is 9.78 Å². The van der Waals surface area contributed by atoms with Gasteiger partial charge in [-0.05, 0) is 32.1 Å². The lowest BCUT2D eigenvalue weighted by molar-refractivity contribution is 0.162. The molecule has 0 saturated heterocycles. The van der Waals surface area contributed by atoms with Gasteiger partial charge in [0.05, 0.1) is 12.1 Å². The highest BCUT2D eigenvalue weighted by Crippen LogP contribution is 2.41. The van der Waals surface area contributed by atoms with Crippen LogP contribution in [0, 0.1) is 5.92 Å². The zero-order valence-electron chi connectivity index (χ0n) is 11.4. The molecule has 0 radical (unpaired) electrons. The van der Waals surface area contributed by atoms with Gasteiger partial charge in [0.25, 0.3) is 0 Å². The van der Waals surface area contributed by atoms with Crippen molar-refractivity contribution in [1.29, 1.82) is 0 Å². The number of urea groups is 1. The number of aliphatic hydroxyl groups is 1. The summed E-state index contributed by atoms with van der Waals surface area (Å²) in [5, 5.41) is 15.2. The van der Waals surface area contributed by atoms with Crippen molar-refractivity contribution in [2.75, 3.05) is 13.6 Å². The first-order chi connectivity index (χ1) is 9.08. The second-order valence-corrected chi connectivity index (χ2v) is 6.12. The summed E-state index contributed by atoms with van der Waals surface area (Å²) in [7, 11) is 1.75. The maximum atomic E-state index is 12.1. The smallest absolute Gasteiger partial charge is 0.317 e. The average Bonchev–Trinajstić information content (AvgIpc) is 3.07. The molecule has 19 heavy (non-hydrogen) atoms. The third-order valence-corrected chi connectivity index (χ3v) is 4.18. The Morgan fingerprint density at radius 1 is 1.68 bits per heavy atom. The SMILES string of the molecule is CC(O)CCN(C)C(=O)NC(c1nccs1)C1CC1. The number of aromatic nitrogens is 1. The minimum Gasteiger partial charge on any atom is -0.393 e. The predicted molar refractivity (Wildman–Crippen MR) is 75.0 cm³/mol. The lowest BCUT2D eigenvalue weighted by Gasteiger charge is -2.22. The van der Waals surface area contributed by atoms with Crippen LogP contribution in [-0.4, -0.2) is 40.7 Å². The predicted octanol–water partition coefficient (Wildman–Crippen LogP) is 2.01. The fourth-order valence-corrected chi connectivity index (χ4v) is 2.70. The average molecular weight is 283 g/mol. The van der Waals surface area contributed by atoms with E-state index in [2.05, 4.69) is 10.3 Å². The Morgan fingerprint density at radius 2 is 2.42 bits per heavy atom. The van der Waals surface area contributed by atoms with Crippen LogP contribution in [0.4, 0.5) is 4.79 Å². The highest BCUT2D eigenvalue weighted by molar-refractivity contribution is 7.09. The molecule has 6 heteroatoms. The third kappa shape index (κ3) is 4.18. The van der Waals surface area contributed by atoms with Crippen LogP contribution in [0.3, 0.4) is 0 Å². The molecule has 1 aliphatic rings. The minimum absolute atomic E-state index is 0.0431. The summed E-state index contributed by atoms with van der Waals surface area (Å²) in [5.74, 6) is 0.528. The standard InChI is InChI=1S/C13H21N3O2S/c1-9(17)5-7-16(2)13(18)15-11(10-3-4-10)12-14-6-8-19-12/h6,8-11,17H,3-5,7H2,1-2H3,(H,15,18). The fraction of sp³-hybridized carbons (Fsp3) is 0.692. The lowest BCUT2D eigenvalue weighted by Crippen LogP contribution is -2.41. The summed E-state index contributed by atoms with van der Waals surface area (Å²) in [4.78, 5) is 18.0. The molecular weight excluding hydrogens is 262 g/mol. The second-order valence-electron chi connectivity index (χ2n) is 5.19. The van der Waals surface area contributed by atoms with Gasteiger partial charge in [0.2, 0.25) is 0 Å². The van der Waals surface area contributed by atoms with Gasteiger partial charge in [0.15, 0.2) is 0 Å². The van der Waals surface area contributed by atoms with Crippen molar-refractivity contribution in [3.63, 3.8) is 0 Å². The number of hydrogen-bond acceptors (Lipinski definition) is 4. The molecule has 106 valence electrons. The van der Waals surface area contributed by atoms with Crippen molar-refractivity contribution in [1.82, 2.24) is 15.2 Å². The van der Waals surface area contributed by atoms with Gasteiger partial charge < -0.3 is 15.3 Å². The van der Waals surface area contributed by atoms with Gasteiger partial charge in [-0.1, -0.05) is 0 Å². The van der Waals surface area contributed by atoms with Crippen molar-refractivity contribution >= 4 is 17.4 Å². The summed E-state index contributed by atoms with van der Waals surface area (Å²) in [6.45, 7) is 2.28. The van der Waals surface area contributed by atoms with E-state index >= 15 is 0 Å². The fourth-order valence-electron chi connectivity index (χ4n) is 1.92. The van der Waals surface area contributed by atoms with Gasteiger partial charge in [-0.2, -0.15) is 0 Å². The van der Waals surface area contributed by atoms with Crippen molar-refractivity contribution < 1.29 is 9.90 Å². The highest BCUT2D eigenvalue weighted by atomic mass is 32.1. The number of nitrogens with one attached hydrogen (secondary N) is 1. The van der Waals surface area contributed by atoms with E-state index in [0.29, 0.717) is 18.9 Å². The van der Waals surface area contributed by atoms with E-state index in [1.807, 2.05) is 5.38 Å². The summed E-state index contributed by atoms with van der Waals surface area (Å²) in [6, 6.07) is -0.0470. The highest BCUT2D eigenvalue weighted by Gasteiger charge is 2.35. The molecule has 0 bridgehead atoms. The Morgan fingerprint density at radius 3 is 2.95 bits per heavy atom. The molecule has 1 aromatic heterocycles. The van der Waals surface area contributed by atoms with Crippen LogP contribution < -0.4 is 5.32 Å². The third-order valence-electron chi connectivity index (χ3n) is 3.32. The van der Waals surface area contributed by atoms with Crippen molar-refractivity contribution in [3.8, 4) is 0 Å². The summed E-state index contributed by atoms with van der Waals surface area (Å²) in [6.07, 6.45) is 4.30. The van der Waals surface area contributed by atoms with Crippen LogP contribution in [0.15, 0.2) is 11.6 Å². The first-order valence-corrected chi connectivity index (χ1v) is 7.55. The zero-order valence-corrected chi connectivity index (χ0v) is 12.2. The molecule has 5 nitrogen and oxygen atoms in total. The number of aliphatic hydroxyl groups excluding tert-OH is 1. The minimum atomic E-state index is -0.381. The van der Waals surface area contributed by atoms with E-state index in [9.17, 15) is 9.90 Å². The molecular formula is C13H21N3O2S. The second kappa shape index (κ2) is 6.34. The monoisotopic (exact) mass is 283 g/mol. The molecule has 1 aromatic rings. The molecule has 2 unspecified atom stereocenters. The molecule has 0 spiro atoms. The van der Waals surface area contributed by atoms with E-state index < -0.39 is 0 Å². The van der Waals surface area contributed by atoms with E-state index in [0.717, 1.165) is 17.8 Å². The van der Waals surface area contributed by atoms with Gasteiger partial charge in [-0.15, -0.1) is 11.3 Å². The van der Waals surface area contributed by atoms with Crippen molar-refractivity contribution in [2.24, 2.45) is 5.92 Å². The molecule has 1 heterocycles. The van der Waals surface area contributed by atoms with Crippen LogP contribution in [0.5, 0.6) is 0 Å².